The molecule has 2 atom stereocenters. The summed E-state index contributed by atoms with van der Waals surface area (Å²) in [6.07, 6.45) is 10.2. The number of fused-ring (bicyclic) bond motifs is 1. The van der Waals surface area contributed by atoms with E-state index in [1.165, 1.54) is 31.0 Å². The standard InChI is InChI=1S/C14H17FN2/c15-13-6-12(8-16-9-13)11-4-3-10-2-1-5-17-14(10)7-11/h6-10,14,17H,1-5H2. The van der Waals surface area contributed by atoms with Crippen LogP contribution in [0.25, 0.3) is 5.57 Å². The molecule has 1 saturated heterocycles. The van der Waals surface area contributed by atoms with E-state index in [1.54, 1.807) is 12.3 Å². The van der Waals surface area contributed by atoms with Crippen molar-refractivity contribution >= 4 is 5.57 Å². The highest BCUT2D eigenvalue weighted by atomic mass is 19.1. The molecule has 2 aliphatic rings. The predicted molar refractivity (Wildman–Crippen MR) is 65.9 cm³/mol. The summed E-state index contributed by atoms with van der Waals surface area (Å²) in [7, 11) is 0. The SMILES string of the molecule is Fc1cncc(C2=CC3NCCCC3CC2)c1. The van der Waals surface area contributed by atoms with E-state index >= 15 is 0 Å². The van der Waals surface area contributed by atoms with E-state index in [2.05, 4.69) is 16.4 Å². The molecule has 0 aromatic carbocycles. The summed E-state index contributed by atoms with van der Waals surface area (Å²) in [5, 5.41) is 3.54. The molecule has 1 aliphatic heterocycles. The van der Waals surface area contributed by atoms with Crippen LogP contribution in [0.1, 0.15) is 31.2 Å². The van der Waals surface area contributed by atoms with Crippen LogP contribution >= 0.6 is 0 Å². The average molecular weight is 232 g/mol. The molecule has 1 fully saturated rings. The van der Waals surface area contributed by atoms with Gasteiger partial charge in [-0.3, -0.25) is 4.98 Å². The molecule has 0 amide bonds. The minimum atomic E-state index is -0.248. The number of pyridine rings is 1. The van der Waals surface area contributed by atoms with Crippen molar-refractivity contribution in [1.82, 2.24) is 10.3 Å². The van der Waals surface area contributed by atoms with E-state index < -0.39 is 0 Å². The van der Waals surface area contributed by atoms with Gasteiger partial charge in [0, 0.05) is 12.2 Å². The fraction of sp³-hybridized carbons (Fsp3) is 0.500. The van der Waals surface area contributed by atoms with Gasteiger partial charge in [-0.05, 0) is 55.3 Å². The van der Waals surface area contributed by atoms with Crippen molar-refractivity contribution in [2.45, 2.75) is 31.7 Å². The molecule has 1 N–H and O–H groups in total. The number of nitrogens with zero attached hydrogens (tertiary/aromatic N) is 1. The number of rotatable bonds is 1. The van der Waals surface area contributed by atoms with E-state index in [0.29, 0.717) is 6.04 Å². The zero-order valence-corrected chi connectivity index (χ0v) is 9.82. The molecule has 1 aromatic rings. The summed E-state index contributed by atoms with van der Waals surface area (Å²) in [6.45, 7) is 1.10. The Hall–Kier alpha value is -1.22. The molecule has 0 saturated carbocycles. The van der Waals surface area contributed by atoms with Crippen LogP contribution in [0.15, 0.2) is 24.5 Å². The zero-order chi connectivity index (χ0) is 11.7. The summed E-state index contributed by atoms with van der Waals surface area (Å²) in [5.74, 6) is 0.524. The second-order valence-corrected chi connectivity index (χ2v) is 5.00. The van der Waals surface area contributed by atoms with Crippen LogP contribution < -0.4 is 5.32 Å². The maximum atomic E-state index is 13.1. The minimum absolute atomic E-state index is 0.248. The average Bonchev–Trinajstić information content (AvgIpc) is 2.38. The molecule has 3 rings (SSSR count). The van der Waals surface area contributed by atoms with E-state index in [0.717, 1.165) is 24.4 Å². The first-order chi connectivity index (χ1) is 8.33. The molecule has 0 spiro atoms. The summed E-state index contributed by atoms with van der Waals surface area (Å²) >= 11 is 0. The Morgan fingerprint density at radius 2 is 2.24 bits per heavy atom. The highest BCUT2D eigenvalue weighted by Crippen LogP contribution is 2.34. The quantitative estimate of drug-likeness (QED) is 0.805. The first-order valence-electron chi connectivity index (χ1n) is 6.38. The Morgan fingerprint density at radius 3 is 3.12 bits per heavy atom. The number of nitrogens with one attached hydrogen (secondary N) is 1. The van der Waals surface area contributed by atoms with E-state index in [-0.39, 0.29) is 5.82 Å². The summed E-state index contributed by atoms with van der Waals surface area (Å²) in [5.41, 5.74) is 2.18. The first kappa shape index (κ1) is 10.9. The Labute approximate surface area is 101 Å². The normalized spacial score (nSPS) is 28.4. The maximum absolute atomic E-state index is 13.1. The van der Waals surface area contributed by atoms with Crippen molar-refractivity contribution in [2.24, 2.45) is 5.92 Å². The second kappa shape index (κ2) is 4.57. The molecular weight excluding hydrogens is 215 g/mol. The smallest absolute Gasteiger partial charge is 0.142 e. The molecular formula is C14H17FN2. The van der Waals surface area contributed by atoms with Gasteiger partial charge in [0.25, 0.3) is 0 Å². The number of hydrogen-bond acceptors (Lipinski definition) is 2. The molecule has 1 aliphatic carbocycles. The molecule has 2 heterocycles. The lowest BCUT2D eigenvalue weighted by atomic mass is 9.79. The molecule has 2 unspecified atom stereocenters. The van der Waals surface area contributed by atoms with Crippen molar-refractivity contribution in [2.75, 3.05) is 6.54 Å². The third-order valence-corrected chi connectivity index (χ3v) is 3.88. The van der Waals surface area contributed by atoms with Gasteiger partial charge in [-0.15, -0.1) is 0 Å². The molecule has 90 valence electrons. The van der Waals surface area contributed by atoms with Gasteiger partial charge in [0.2, 0.25) is 0 Å². The zero-order valence-electron chi connectivity index (χ0n) is 9.82. The van der Waals surface area contributed by atoms with Crippen LogP contribution in [0.3, 0.4) is 0 Å². The van der Waals surface area contributed by atoms with Crippen LogP contribution in [0, 0.1) is 11.7 Å². The molecule has 3 heteroatoms. The summed E-state index contributed by atoms with van der Waals surface area (Å²) < 4.78 is 13.1. The Balaban J connectivity index is 1.86. The van der Waals surface area contributed by atoms with Gasteiger partial charge in [0.05, 0.1) is 6.20 Å². The van der Waals surface area contributed by atoms with Crippen LogP contribution in [0.5, 0.6) is 0 Å². The van der Waals surface area contributed by atoms with Gasteiger partial charge in [0.15, 0.2) is 0 Å². The molecule has 0 bridgehead atoms. The highest BCUT2D eigenvalue weighted by molar-refractivity contribution is 5.66. The number of halogens is 1. The summed E-state index contributed by atoms with van der Waals surface area (Å²) in [6, 6.07) is 2.07. The van der Waals surface area contributed by atoms with Gasteiger partial charge >= 0.3 is 0 Å². The van der Waals surface area contributed by atoms with Gasteiger partial charge < -0.3 is 5.32 Å². The maximum Gasteiger partial charge on any atom is 0.142 e. The molecule has 0 radical (unpaired) electrons. The van der Waals surface area contributed by atoms with Gasteiger partial charge in [-0.2, -0.15) is 0 Å². The topological polar surface area (TPSA) is 24.9 Å². The van der Waals surface area contributed by atoms with Crippen molar-refractivity contribution < 1.29 is 4.39 Å². The van der Waals surface area contributed by atoms with E-state index in [1.807, 2.05) is 0 Å². The number of piperidine rings is 1. The molecule has 2 nitrogen and oxygen atoms in total. The Kier molecular flexibility index (Phi) is 2.93. The van der Waals surface area contributed by atoms with Crippen LogP contribution in [-0.2, 0) is 0 Å². The van der Waals surface area contributed by atoms with Crippen LogP contribution in [0.2, 0.25) is 0 Å². The third kappa shape index (κ3) is 2.25. The lowest BCUT2D eigenvalue weighted by molar-refractivity contribution is 0.298. The lowest BCUT2D eigenvalue weighted by Crippen LogP contribution is -2.41. The fourth-order valence-corrected chi connectivity index (χ4v) is 2.97. The largest absolute Gasteiger partial charge is 0.310 e. The first-order valence-corrected chi connectivity index (χ1v) is 6.38. The van der Waals surface area contributed by atoms with Crippen LogP contribution in [0.4, 0.5) is 4.39 Å². The number of hydrogen-bond donors (Lipinski definition) is 1. The number of aromatic nitrogens is 1. The van der Waals surface area contributed by atoms with Crippen molar-refractivity contribution in [3.05, 3.63) is 35.9 Å². The van der Waals surface area contributed by atoms with E-state index in [9.17, 15) is 4.39 Å². The van der Waals surface area contributed by atoms with Crippen molar-refractivity contribution in [3.63, 3.8) is 0 Å². The van der Waals surface area contributed by atoms with Crippen LogP contribution in [-0.4, -0.2) is 17.6 Å². The lowest BCUT2D eigenvalue weighted by Gasteiger charge is -2.35. The number of allylic oxidation sites excluding steroid dienone is 1. The Bertz CT molecular complexity index is 442. The second-order valence-electron chi connectivity index (χ2n) is 5.00. The monoisotopic (exact) mass is 232 g/mol. The molecule has 17 heavy (non-hydrogen) atoms. The predicted octanol–water partition coefficient (Wildman–Crippen LogP) is 2.77. The van der Waals surface area contributed by atoms with E-state index in [4.69, 9.17) is 0 Å². The fourth-order valence-electron chi connectivity index (χ4n) is 2.97. The third-order valence-electron chi connectivity index (χ3n) is 3.88. The van der Waals surface area contributed by atoms with Gasteiger partial charge in [-0.25, -0.2) is 4.39 Å². The minimum Gasteiger partial charge on any atom is -0.310 e. The van der Waals surface area contributed by atoms with Crippen molar-refractivity contribution in [3.8, 4) is 0 Å². The van der Waals surface area contributed by atoms with Gasteiger partial charge in [0.1, 0.15) is 5.82 Å². The van der Waals surface area contributed by atoms with Gasteiger partial charge in [-0.1, -0.05) is 6.08 Å². The Morgan fingerprint density at radius 1 is 1.29 bits per heavy atom. The highest BCUT2D eigenvalue weighted by Gasteiger charge is 2.27. The molecule has 1 aromatic heterocycles. The van der Waals surface area contributed by atoms with Crippen molar-refractivity contribution in [1.29, 1.82) is 0 Å². The summed E-state index contributed by atoms with van der Waals surface area (Å²) in [4.78, 5) is 3.93.